The van der Waals surface area contributed by atoms with Crippen LogP contribution in [0.15, 0.2) is 12.4 Å². The van der Waals surface area contributed by atoms with Gasteiger partial charge < -0.3 is 4.90 Å². The molecule has 0 bridgehead atoms. The first-order valence-corrected chi connectivity index (χ1v) is 8.63. The maximum Gasteiger partial charge on any atom is 0.272 e. The molecule has 1 aliphatic heterocycles. The summed E-state index contributed by atoms with van der Waals surface area (Å²) < 4.78 is 1.42. The van der Waals surface area contributed by atoms with Crippen LogP contribution in [0.2, 0.25) is 0 Å². The second-order valence-electron chi connectivity index (χ2n) is 6.51. The molecular formula is C15H22N8O. The summed E-state index contributed by atoms with van der Waals surface area (Å²) in [5.41, 5.74) is 0.478. The van der Waals surface area contributed by atoms with Gasteiger partial charge in [-0.1, -0.05) is 19.3 Å². The van der Waals surface area contributed by atoms with E-state index in [4.69, 9.17) is 0 Å². The van der Waals surface area contributed by atoms with Gasteiger partial charge in [-0.3, -0.25) is 14.8 Å². The van der Waals surface area contributed by atoms with Crippen molar-refractivity contribution >= 4 is 5.91 Å². The highest BCUT2D eigenvalue weighted by Crippen LogP contribution is 2.23. The number of aromatic nitrogens is 6. The van der Waals surface area contributed by atoms with E-state index in [-0.39, 0.29) is 5.91 Å². The quantitative estimate of drug-likeness (QED) is 0.879. The van der Waals surface area contributed by atoms with E-state index in [0.29, 0.717) is 11.5 Å². The SMILES string of the molecule is O=C(c1cc(-n2cnnn2)n[nH]1)N1CCN(C2CCCCC2)CC1. The lowest BCUT2D eigenvalue weighted by Crippen LogP contribution is -2.52. The molecule has 0 unspecified atom stereocenters. The van der Waals surface area contributed by atoms with Gasteiger partial charge in [0.1, 0.15) is 12.0 Å². The lowest BCUT2D eigenvalue weighted by atomic mass is 9.94. The molecule has 2 aromatic heterocycles. The van der Waals surface area contributed by atoms with E-state index < -0.39 is 0 Å². The van der Waals surface area contributed by atoms with Crippen molar-refractivity contribution in [1.82, 2.24) is 40.2 Å². The average Bonchev–Trinajstić information content (AvgIpc) is 3.33. The monoisotopic (exact) mass is 330 g/mol. The van der Waals surface area contributed by atoms with Crippen LogP contribution in [0, 0.1) is 0 Å². The molecule has 1 saturated carbocycles. The van der Waals surface area contributed by atoms with Crippen molar-refractivity contribution in [3.8, 4) is 5.82 Å². The normalized spacial score (nSPS) is 20.4. The van der Waals surface area contributed by atoms with Gasteiger partial charge in [0.25, 0.3) is 5.91 Å². The Hall–Kier alpha value is -2.29. The van der Waals surface area contributed by atoms with Gasteiger partial charge in [-0.15, -0.1) is 5.10 Å². The maximum absolute atomic E-state index is 12.6. The van der Waals surface area contributed by atoms with E-state index in [0.717, 1.165) is 32.2 Å². The predicted molar refractivity (Wildman–Crippen MR) is 85.6 cm³/mol. The summed E-state index contributed by atoms with van der Waals surface area (Å²) in [4.78, 5) is 17.1. The molecule has 1 amide bonds. The second kappa shape index (κ2) is 6.68. The van der Waals surface area contributed by atoms with Crippen LogP contribution >= 0.6 is 0 Å². The number of amides is 1. The number of H-pyrrole nitrogens is 1. The number of tetrazole rings is 1. The fourth-order valence-electron chi connectivity index (χ4n) is 3.71. The van der Waals surface area contributed by atoms with Gasteiger partial charge in [0.05, 0.1) is 0 Å². The molecule has 24 heavy (non-hydrogen) atoms. The Labute approximate surface area is 140 Å². The molecule has 0 radical (unpaired) electrons. The van der Waals surface area contributed by atoms with E-state index in [2.05, 4.69) is 30.6 Å². The van der Waals surface area contributed by atoms with E-state index in [9.17, 15) is 4.79 Å². The van der Waals surface area contributed by atoms with Crippen LogP contribution in [0.1, 0.15) is 42.6 Å². The van der Waals surface area contributed by atoms with E-state index in [1.165, 1.54) is 43.1 Å². The topological polar surface area (TPSA) is 95.8 Å². The van der Waals surface area contributed by atoms with Crippen molar-refractivity contribution in [1.29, 1.82) is 0 Å². The first kappa shape index (κ1) is 15.3. The number of nitrogens with one attached hydrogen (secondary N) is 1. The van der Waals surface area contributed by atoms with Gasteiger partial charge in [0.15, 0.2) is 5.82 Å². The Kier molecular flexibility index (Phi) is 4.24. The molecular weight excluding hydrogens is 308 g/mol. The molecule has 1 saturated heterocycles. The number of hydrogen-bond donors (Lipinski definition) is 1. The fourth-order valence-corrected chi connectivity index (χ4v) is 3.71. The Bertz CT molecular complexity index is 667. The minimum atomic E-state index is -0.00915. The summed E-state index contributed by atoms with van der Waals surface area (Å²) in [6, 6.07) is 2.40. The number of rotatable bonds is 3. The number of nitrogens with zero attached hydrogens (tertiary/aromatic N) is 7. The smallest absolute Gasteiger partial charge is 0.272 e. The van der Waals surface area contributed by atoms with Crippen molar-refractivity contribution in [2.45, 2.75) is 38.1 Å². The average molecular weight is 330 g/mol. The van der Waals surface area contributed by atoms with E-state index in [1.807, 2.05) is 4.90 Å². The molecule has 1 aliphatic carbocycles. The summed E-state index contributed by atoms with van der Waals surface area (Å²) in [6.07, 6.45) is 8.13. The number of aromatic amines is 1. The first-order chi connectivity index (χ1) is 11.8. The summed E-state index contributed by atoms with van der Waals surface area (Å²) in [6.45, 7) is 3.47. The molecule has 128 valence electrons. The lowest BCUT2D eigenvalue weighted by molar-refractivity contribution is 0.0518. The number of piperazine rings is 1. The highest BCUT2D eigenvalue weighted by molar-refractivity contribution is 5.92. The zero-order valence-electron chi connectivity index (χ0n) is 13.6. The van der Waals surface area contributed by atoms with Crippen LogP contribution in [0.5, 0.6) is 0 Å². The van der Waals surface area contributed by atoms with Crippen LogP contribution in [0.25, 0.3) is 5.82 Å². The molecule has 9 nitrogen and oxygen atoms in total. The number of carbonyl (C=O) groups excluding carboxylic acids is 1. The van der Waals surface area contributed by atoms with Gasteiger partial charge in [0, 0.05) is 38.3 Å². The van der Waals surface area contributed by atoms with Crippen LogP contribution in [-0.4, -0.2) is 78.3 Å². The third kappa shape index (κ3) is 3.03. The summed E-state index contributed by atoms with van der Waals surface area (Å²) >= 11 is 0. The van der Waals surface area contributed by atoms with Crippen molar-refractivity contribution in [2.24, 2.45) is 0 Å². The maximum atomic E-state index is 12.6. The van der Waals surface area contributed by atoms with Crippen LogP contribution in [0.3, 0.4) is 0 Å². The largest absolute Gasteiger partial charge is 0.335 e. The van der Waals surface area contributed by atoms with Gasteiger partial charge in [-0.25, -0.2) is 0 Å². The number of hydrogen-bond acceptors (Lipinski definition) is 6. The first-order valence-electron chi connectivity index (χ1n) is 8.63. The van der Waals surface area contributed by atoms with Crippen molar-refractivity contribution < 1.29 is 4.79 Å². The minimum absolute atomic E-state index is 0.00915. The predicted octanol–water partition coefficient (Wildman–Crippen LogP) is 0.476. The fraction of sp³-hybridized carbons (Fsp3) is 0.667. The zero-order valence-corrected chi connectivity index (χ0v) is 13.6. The number of carbonyl (C=O) groups is 1. The molecule has 9 heteroatoms. The highest BCUT2D eigenvalue weighted by Gasteiger charge is 2.28. The van der Waals surface area contributed by atoms with Gasteiger partial charge >= 0.3 is 0 Å². The molecule has 0 spiro atoms. The summed E-state index contributed by atoms with van der Waals surface area (Å²) in [5.74, 6) is 0.509. The van der Waals surface area contributed by atoms with Crippen LogP contribution < -0.4 is 0 Å². The van der Waals surface area contributed by atoms with Crippen molar-refractivity contribution in [2.75, 3.05) is 26.2 Å². The Morgan fingerprint density at radius 1 is 1.12 bits per heavy atom. The zero-order chi connectivity index (χ0) is 16.4. The molecule has 1 N–H and O–H groups in total. The molecule has 4 rings (SSSR count). The highest BCUT2D eigenvalue weighted by atomic mass is 16.2. The molecule has 3 heterocycles. The summed E-state index contributed by atoms with van der Waals surface area (Å²) in [5, 5.41) is 17.8. The van der Waals surface area contributed by atoms with Gasteiger partial charge in [-0.05, 0) is 23.3 Å². The Morgan fingerprint density at radius 2 is 1.92 bits per heavy atom. The van der Waals surface area contributed by atoms with Crippen LogP contribution in [0.4, 0.5) is 0 Å². The van der Waals surface area contributed by atoms with E-state index in [1.54, 1.807) is 6.07 Å². The van der Waals surface area contributed by atoms with Gasteiger partial charge in [-0.2, -0.15) is 9.78 Å². The standard InChI is InChI=1S/C15H22N8O/c24-15(13-10-14(18-17-13)23-11-16-19-20-23)22-8-6-21(7-9-22)12-4-2-1-3-5-12/h10-12H,1-9H2,(H,17,18). The Morgan fingerprint density at radius 3 is 2.62 bits per heavy atom. The van der Waals surface area contributed by atoms with Crippen molar-refractivity contribution in [3.05, 3.63) is 18.1 Å². The summed E-state index contributed by atoms with van der Waals surface area (Å²) in [7, 11) is 0. The van der Waals surface area contributed by atoms with Crippen molar-refractivity contribution in [3.63, 3.8) is 0 Å². The molecule has 0 aromatic carbocycles. The third-order valence-corrected chi connectivity index (χ3v) is 5.07. The Balaban J connectivity index is 1.36. The van der Waals surface area contributed by atoms with E-state index >= 15 is 0 Å². The molecule has 2 aliphatic rings. The van der Waals surface area contributed by atoms with Gasteiger partial charge in [0.2, 0.25) is 0 Å². The molecule has 0 atom stereocenters. The molecule has 2 fully saturated rings. The third-order valence-electron chi connectivity index (χ3n) is 5.07. The second-order valence-corrected chi connectivity index (χ2v) is 6.51. The molecule has 2 aromatic rings. The lowest BCUT2D eigenvalue weighted by Gasteiger charge is -2.40. The van der Waals surface area contributed by atoms with Crippen LogP contribution in [-0.2, 0) is 0 Å². The minimum Gasteiger partial charge on any atom is -0.335 e.